The van der Waals surface area contributed by atoms with Gasteiger partial charge in [-0.3, -0.25) is 9.59 Å². The molecule has 0 radical (unpaired) electrons. The average Bonchev–Trinajstić information content (AvgIpc) is 3.16. The molecule has 2 aliphatic rings. The van der Waals surface area contributed by atoms with Crippen LogP contribution in [-0.4, -0.2) is 53.4 Å². The van der Waals surface area contributed by atoms with Crippen LogP contribution in [0.3, 0.4) is 0 Å². The molecule has 2 amide bonds. The zero-order valence-electron chi connectivity index (χ0n) is 17.5. The predicted molar refractivity (Wildman–Crippen MR) is 110 cm³/mol. The molecule has 154 valence electrons. The minimum absolute atomic E-state index is 0.0539. The Balaban J connectivity index is 1.48. The lowest BCUT2D eigenvalue weighted by molar-refractivity contribution is -0.146. The molecule has 3 rings (SSSR count). The van der Waals surface area contributed by atoms with Crippen LogP contribution in [0.2, 0.25) is 0 Å². The minimum atomic E-state index is -0.267. The second-order valence-electron chi connectivity index (χ2n) is 9.30. The Hall–Kier alpha value is -1.88. The fraction of sp³-hybridized carbons (Fsp3) is 0.652. The van der Waals surface area contributed by atoms with Crippen molar-refractivity contribution in [3.63, 3.8) is 0 Å². The first kappa shape index (κ1) is 20.8. The first-order valence-corrected chi connectivity index (χ1v) is 10.6. The van der Waals surface area contributed by atoms with Crippen molar-refractivity contribution in [2.75, 3.05) is 19.6 Å². The van der Waals surface area contributed by atoms with Gasteiger partial charge >= 0.3 is 0 Å². The van der Waals surface area contributed by atoms with Crippen LogP contribution in [-0.2, 0) is 20.9 Å². The Morgan fingerprint density at radius 3 is 2.36 bits per heavy atom. The van der Waals surface area contributed by atoms with E-state index in [1.54, 1.807) is 0 Å². The van der Waals surface area contributed by atoms with E-state index in [2.05, 4.69) is 32.9 Å². The number of likely N-dealkylation sites (tertiary alicyclic amines) is 2. The van der Waals surface area contributed by atoms with Crippen LogP contribution in [0.5, 0.6) is 0 Å². The van der Waals surface area contributed by atoms with Crippen molar-refractivity contribution in [3.05, 3.63) is 35.9 Å². The summed E-state index contributed by atoms with van der Waals surface area (Å²) in [6, 6.07) is 9.93. The monoisotopic (exact) mass is 386 g/mol. The number of benzene rings is 1. The third-order valence-corrected chi connectivity index (χ3v) is 5.62. The zero-order chi connectivity index (χ0) is 20.1. The summed E-state index contributed by atoms with van der Waals surface area (Å²) >= 11 is 0. The molecule has 2 saturated heterocycles. The summed E-state index contributed by atoms with van der Waals surface area (Å²) in [5, 5.41) is 0. The molecule has 2 fully saturated rings. The first-order chi connectivity index (χ1) is 13.3. The maximum Gasteiger partial charge on any atom is 0.245 e. The van der Waals surface area contributed by atoms with E-state index in [1.807, 2.05) is 28.0 Å². The number of carbonyl (C=O) groups excluding carboxylic acids is 2. The third-order valence-electron chi connectivity index (χ3n) is 5.62. The van der Waals surface area contributed by atoms with E-state index in [-0.39, 0.29) is 29.4 Å². The van der Waals surface area contributed by atoms with Crippen LogP contribution in [0.4, 0.5) is 0 Å². The normalized spacial score (nSPS) is 21.2. The fourth-order valence-electron chi connectivity index (χ4n) is 4.12. The van der Waals surface area contributed by atoms with E-state index in [9.17, 15) is 9.59 Å². The van der Waals surface area contributed by atoms with Gasteiger partial charge in [0, 0.05) is 26.1 Å². The van der Waals surface area contributed by atoms with Gasteiger partial charge < -0.3 is 14.5 Å². The van der Waals surface area contributed by atoms with Crippen molar-refractivity contribution in [2.24, 2.45) is 5.41 Å². The smallest absolute Gasteiger partial charge is 0.245 e. The second-order valence-corrected chi connectivity index (χ2v) is 9.30. The van der Waals surface area contributed by atoms with Crippen molar-refractivity contribution in [1.82, 2.24) is 9.80 Å². The molecule has 5 heteroatoms. The Morgan fingerprint density at radius 2 is 1.71 bits per heavy atom. The lowest BCUT2D eigenvalue weighted by Gasteiger charge is -2.36. The second kappa shape index (κ2) is 9.08. The van der Waals surface area contributed by atoms with E-state index in [4.69, 9.17) is 4.74 Å². The van der Waals surface area contributed by atoms with Crippen LogP contribution >= 0.6 is 0 Å². The highest BCUT2D eigenvalue weighted by Crippen LogP contribution is 2.27. The summed E-state index contributed by atoms with van der Waals surface area (Å²) < 4.78 is 6.03. The Bertz CT molecular complexity index is 660. The molecule has 0 aromatic heterocycles. The van der Waals surface area contributed by atoms with Gasteiger partial charge in [-0.2, -0.15) is 0 Å². The number of piperidine rings is 1. The van der Waals surface area contributed by atoms with Gasteiger partial charge in [-0.15, -0.1) is 0 Å². The molecule has 0 saturated carbocycles. The molecular weight excluding hydrogens is 352 g/mol. The molecule has 0 bridgehead atoms. The van der Waals surface area contributed by atoms with Crippen molar-refractivity contribution < 1.29 is 14.3 Å². The predicted octanol–water partition coefficient (Wildman–Crippen LogP) is 3.62. The van der Waals surface area contributed by atoms with Crippen molar-refractivity contribution in [1.29, 1.82) is 0 Å². The van der Waals surface area contributed by atoms with Crippen LogP contribution in [0.15, 0.2) is 30.3 Å². The molecule has 28 heavy (non-hydrogen) atoms. The molecular formula is C23H34N2O3. The number of hydrogen-bond acceptors (Lipinski definition) is 3. The molecule has 0 N–H and O–H groups in total. The van der Waals surface area contributed by atoms with E-state index in [0.29, 0.717) is 19.6 Å². The minimum Gasteiger partial charge on any atom is -0.373 e. The number of amides is 2. The van der Waals surface area contributed by atoms with Gasteiger partial charge in [0.25, 0.3) is 0 Å². The Morgan fingerprint density at radius 1 is 1.04 bits per heavy atom. The van der Waals surface area contributed by atoms with Crippen LogP contribution in [0.1, 0.15) is 58.4 Å². The van der Waals surface area contributed by atoms with Gasteiger partial charge in [0.05, 0.1) is 12.7 Å². The molecule has 0 aliphatic carbocycles. The average molecular weight is 387 g/mol. The Labute approximate surface area is 169 Å². The van der Waals surface area contributed by atoms with Crippen LogP contribution in [0, 0.1) is 5.41 Å². The number of rotatable bonds is 5. The van der Waals surface area contributed by atoms with Gasteiger partial charge in [-0.1, -0.05) is 51.1 Å². The maximum absolute atomic E-state index is 13.1. The first-order valence-electron chi connectivity index (χ1n) is 10.6. The highest BCUT2D eigenvalue weighted by molar-refractivity contribution is 5.88. The summed E-state index contributed by atoms with van der Waals surface area (Å²) in [5.41, 5.74) is 1.13. The van der Waals surface area contributed by atoms with Gasteiger partial charge in [0.15, 0.2) is 0 Å². The van der Waals surface area contributed by atoms with Gasteiger partial charge in [-0.25, -0.2) is 0 Å². The number of nitrogens with zero attached hydrogens (tertiary/aromatic N) is 2. The summed E-state index contributed by atoms with van der Waals surface area (Å²) in [4.78, 5) is 29.5. The van der Waals surface area contributed by atoms with Crippen LogP contribution in [0.25, 0.3) is 0 Å². The van der Waals surface area contributed by atoms with E-state index < -0.39 is 0 Å². The quantitative estimate of drug-likeness (QED) is 0.777. The molecule has 1 unspecified atom stereocenters. The van der Waals surface area contributed by atoms with Gasteiger partial charge in [0.1, 0.15) is 6.04 Å². The zero-order valence-corrected chi connectivity index (χ0v) is 17.5. The summed E-state index contributed by atoms with van der Waals surface area (Å²) in [6.45, 7) is 8.97. The topological polar surface area (TPSA) is 49.9 Å². The molecule has 1 atom stereocenters. The lowest BCUT2D eigenvalue weighted by atomic mass is 9.91. The SMILES string of the molecule is CC(C)(C)CC(=O)N1CCCC1C(=O)N1CCC(OCc2ccccc2)CC1. The molecule has 0 spiro atoms. The number of hydrogen-bond donors (Lipinski definition) is 0. The number of ether oxygens (including phenoxy) is 1. The van der Waals surface area contributed by atoms with E-state index in [0.717, 1.165) is 38.8 Å². The summed E-state index contributed by atoms with van der Waals surface area (Å²) in [7, 11) is 0. The molecule has 2 aliphatic heterocycles. The van der Waals surface area contributed by atoms with E-state index in [1.165, 1.54) is 5.56 Å². The van der Waals surface area contributed by atoms with Crippen molar-refractivity contribution in [2.45, 2.75) is 71.6 Å². The highest BCUT2D eigenvalue weighted by atomic mass is 16.5. The van der Waals surface area contributed by atoms with E-state index >= 15 is 0 Å². The molecule has 1 aromatic rings. The van der Waals surface area contributed by atoms with Gasteiger partial charge in [-0.05, 0) is 36.7 Å². The number of carbonyl (C=O) groups is 2. The summed E-state index contributed by atoms with van der Waals surface area (Å²) in [5.74, 6) is 0.241. The molecule has 5 nitrogen and oxygen atoms in total. The highest BCUT2D eigenvalue weighted by Gasteiger charge is 2.38. The van der Waals surface area contributed by atoms with Crippen LogP contribution < -0.4 is 0 Å². The molecule has 1 aromatic carbocycles. The Kier molecular flexibility index (Phi) is 6.76. The largest absolute Gasteiger partial charge is 0.373 e. The van der Waals surface area contributed by atoms with Crippen molar-refractivity contribution in [3.8, 4) is 0 Å². The standard InChI is InChI=1S/C23H34N2O3/c1-23(2,3)16-21(26)25-13-7-10-20(25)22(27)24-14-11-19(12-15-24)28-17-18-8-5-4-6-9-18/h4-6,8-9,19-20H,7,10-17H2,1-3H3. The third kappa shape index (κ3) is 5.57. The maximum atomic E-state index is 13.1. The summed E-state index contributed by atoms with van der Waals surface area (Å²) in [6.07, 6.45) is 4.13. The lowest BCUT2D eigenvalue weighted by Crippen LogP contribution is -2.51. The fourth-order valence-corrected chi connectivity index (χ4v) is 4.12. The van der Waals surface area contributed by atoms with Gasteiger partial charge in [0.2, 0.25) is 11.8 Å². The molecule has 2 heterocycles. The van der Waals surface area contributed by atoms with Crippen molar-refractivity contribution >= 4 is 11.8 Å².